The van der Waals surface area contributed by atoms with Crippen LogP contribution in [-0.4, -0.2) is 23.3 Å². The third-order valence-electron chi connectivity index (χ3n) is 3.14. The van der Waals surface area contributed by atoms with Crippen molar-refractivity contribution in [1.82, 2.24) is 5.43 Å². The maximum atomic E-state index is 11.8. The molecule has 23 heavy (non-hydrogen) atoms. The van der Waals surface area contributed by atoms with Crippen LogP contribution in [0, 0.1) is 6.92 Å². The van der Waals surface area contributed by atoms with Crippen LogP contribution in [0.1, 0.15) is 18.1 Å². The van der Waals surface area contributed by atoms with Crippen molar-refractivity contribution in [3.63, 3.8) is 0 Å². The highest BCUT2D eigenvalue weighted by molar-refractivity contribution is 6.31. The van der Waals surface area contributed by atoms with Crippen LogP contribution in [0.15, 0.2) is 47.6 Å². The number of aromatic hydroxyl groups is 1. The summed E-state index contributed by atoms with van der Waals surface area (Å²) in [6.07, 6.45) is 0. The first-order valence-corrected chi connectivity index (χ1v) is 7.35. The molecule has 120 valence electrons. The standard InChI is InChI=1S/C17H17ClN2O3/c1-11-9-13(7-8-15(11)18)23-10-17(22)20-19-12(2)14-5-3-4-6-16(14)21/h3-9,21H,10H2,1-2H3,(H,20,22)/b19-12+. The molecule has 2 aromatic rings. The van der Waals surface area contributed by atoms with Gasteiger partial charge in [0, 0.05) is 10.6 Å². The van der Waals surface area contributed by atoms with Crippen LogP contribution in [-0.2, 0) is 4.79 Å². The van der Waals surface area contributed by atoms with E-state index in [1.165, 1.54) is 0 Å². The Kier molecular flexibility index (Phi) is 5.60. The molecular weight excluding hydrogens is 316 g/mol. The van der Waals surface area contributed by atoms with Gasteiger partial charge in [-0.2, -0.15) is 5.10 Å². The zero-order valence-electron chi connectivity index (χ0n) is 12.8. The van der Waals surface area contributed by atoms with Crippen molar-refractivity contribution in [2.75, 3.05) is 6.61 Å². The Morgan fingerprint density at radius 2 is 2.04 bits per heavy atom. The Morgan fingerprint density at radius 1 is 1.30 bits per heavy atom. The maximum absolute atomic E-state index is 11.8. The number of nitrogens with zero attached hydrogens (tertiary/aromatic N) is 1. The highest BCUT2D eigenvalue weighted by Crippen LogP contribution is 2.21. The fraction of sp³-hybridized carbons (Fsp3) is 0.176. The minimum Gasteiger partial charge on any atom is -0.507 e. The van der Waals surface area contributed by atoms with Gasteiger partial charge in [0.2, 0.25) is 0 Å². The topological polar surface area (TPSA) is 70.9 Å². The Balaban J connectivity index is 1.91. The van der Waals surface area contributed by atoms with Gasteiger partial charge in [0.05, 0.1) is 5.71 Å². The number of ether oxygens (including phenoxy) is 1. The van der Waals surface area contributed by atoms with Gasteiger partial charge in [-0.25, -0.2) is 5.43 Å². The predicted molar refractivity (Wildman–Crippen MR) is 90.1 cm³/mol. The summed E-state index contributed by atoms with van der Waals surface area (Å²) in [5, 5.41) is 14.3. The molecule has 0 saturated carbocycles. The van der Waals surface area contributed by atoms with Gasteiger partial charge < -0.3 is 9.84 Å². The van der Waals surface area contributed by atoms with E-state index in [1.807, 2.05) is 6.92 Å². The van der Waals surface area contributed by atoms with Crippen molar-refractivity contribution in [3.8, 4) is 11.5 Å². The summed E-state index contributed by atoms with van der Waals surface area (Å²) in [4.78, 5) is 11.8. The van der Waals surface area contributed by atoms with E-state index in [9.17, 15) is 9.90 Å². The number of hydrazone groups is 1. The van der Waals surface area contributed by atoms with Crippen LogP contribution in [0.2, 0.25) is 5.02 Å². The van der Waals surface area contributed by atoms with E-state index >= 15 is 0 Å². The van der Waals surface area contributed by atoms with E-state index in [0.29, 0.717) is 22.0 Å². The highest BCUT2D eigenvalue weighted by atomic mass is 35.5. The van der Waals surface area contributed by atoms with Crippen LogP contribution in [0.4, 0.5) is 0 Å². The van der Waals surface area contributed by atoms with Crippen LogP contribution >= 0.6 is 11.6 Å². The van der Waals surface area contributed by atoms with Gasteiger partial charge in [0.1, 0.15) is 11.5 Å². The first kappa shape index (κ1) is 16.8. The van der Waals surface area contributed by atoms with Crippen molar-refractivity contribution < 1.29 is 14.6 Å². The molecule has 2 aromatic carbocycles. The van der Waals surface area contributed by atoms with E-state index in [4.69, 9.17) is 16.3 Å². The lowest BCUT2D eigenvalue weighted by Gasteiger charge is -2.07. The quantitative estimate of drug-likeness (QED) is 0.652. The van der Waals surface area contributed by atoms with Crippen LogP contribution in [0.5, 0.6) is 11.5 Å². The molecule has 0 aliphatic carbocycles. The number of aryl methyl sites for hydroxylation is 1. The smallest absolute Gasteiger partial charge is 0.277 e. The summed E-state index contributed by atoms with van der Waals surface area (Å²) < 4.78 is 5.38. The first-order valence-electron chi connectivity index (χ1n) is 6.98. The largest absolute Gasteiger partial charge is 0.507 e. The number of para-hydroxylation sites is 1. The minimum absolute atomic E-state index is 0.107. The van der Waals surface area contributed by atoms with Crippen molar-refractivity contribution in [2.45, 2.75) is 13.8 Å². The molecule has 6 heteroatoms. The number of nitrogens with one attached hydrogen (secondary N) is 1. The van der Waals surface area contributed by atoms with Crippen LogP contribution in [0.25, 0.3) is 0 Å². The lowest BCUT2D eigenvalue weighted by molar-refractivity contribution is -0.123. The molecule has 0 aromatic heterocycles. The second kappa shape index (κ2) is 7.65. The molecule has 0 atom stereocenters. The number of rotatable bonds is 5. The van der Waals surface area contributed by atoms with Crippen molar-refractivity contribution >= 4 is 23.2 Å². The summed E-state index contributed by atoms with van der Waals surface area (Å²) >= 11 is 5.93. The maximum Gasteiger partial charge on any atom is 0.277 e. The third kappa shape index (κ3) is 4.72. The number of hydrogen-bond donors (Lipinski definition) is 2. The number of hydrogen-bond acceptors (Lipinski definition) is 4. The molecule has 0 fully saturated rings. The van der Waals surface area contributed by atoms with E-state index in [0.717, 1.165) is 5.56 Å². The molecule has 0 heterocycles. The number of carbonyl (C=O) groups is 1. The zero-order valence-corrected chi connectivity index (χ0v) is 13.6. The minimum atomic E-state index is -0.396. The number of benzene rings is 2. The number of halogens is 1. The molecule has 0 aliphatic rings. The lowest BCUT2D eigenvalue weighted by Crippen LogP contribution is -2.25. The molecule has 0 saturated heterocycles. The highest BCUT2D eigenvalue weighted by Gasteiger charge is 2.06. The monoisotopic (exact) mass is 332 g/mol. The molecule has 2 rings (SSSR count). The fourth-order valence-electron chi connectivity index (χ4n) is 1.87. The summed E-state index contributed by atoms with van der Waals surface area (Å²) in [5.74, 6) is 0.270. The van der Waals surface area contributed by atoms with E-state index in [1.54, 1.807) is 49.4 Å². The normalized spacial score (nSPS) is 11.2. The summed E-state index contributed by atoms with van der Waals surface area (Å²) in [7, 11) is 0. The second-order valence-corrected chi connectivity index (χ2v) is 5.36. The fourth-order valence-corrected chi connectivity index (χ4v) is 1.99. The van der Waals surface area contributed by atoms with E-state index < -0.39 is 5.91 Å². The van der Waals surface area contributed by atoms with Gasteiger partial charge in [-0.05, 0) is 49.7 Å². The molecule has 0 unspecified atom stereocenters. The Morgan fingerprint density at radius 3 is 2.74 bits per heavy atom. The van der Waals surface area contributed by atoms with Crippen molar-refractivity contribution in [2.24, 2.45) is 5.10 Å². The number of phenolic OH excluding ortho intramolecular Hbond substituents is 1. The van der Waals surface area contributed by atoms with Gasteiger partial charge in [0.25, 0.3) is 5.91 Å². The summed E-state index contributed by atoms with van der Waals surface area (Å²) in [5.41, 5.74) is 4.32. The Hall–Kier alpha value is -2.53. The van der Waals surface area contributed by atoms with Gasteiger partial charge in [0.15, 0.2) is 6.61 Å². The predicted octanol–water partition coefficient (Wildman–Crippen LogP) is 3.27. The van der Waals surface area contributed by atoms with E-state index in [2.05, 4.69) is 10.5 Å². The summed E-state index contributed by atoms with van der Waals surface area (Å²) in [6.45, 7) is 3.38. The number of phenols is 1. The molecule has 0 bridgehead atoms. The third-order valence-corrected chi connectivity index (χ3v) is 3.57. The molecule has 2 N–H and O–H groups in total. The first-order chi connectivity index (χ1) is 11.0. The zero-order chi connectivity index (χ0) is 16.8. The average Bonchev–Trinajstić information content (AvgIpc) is 2.54. The van der Waals surface area contributed by atoms with Crippen molar-refractivity contribution in [3.05, 3.63) is 58.6 Å². The number of amides is 1. The summed E-state index contributed by atoms with van der Waals surface area (Å²) in [6, 6.07) is 11.9. The molecule has 5 nitrogen and oxygen atoms in total. The van der Waals surface area contributed by atoms with Gasteiger partial charge in [-0.1, -0.05) is 23.7 Å². The van der Waals surface area contributed by atoms with Gasteiger partial charge in [-0.15, -0.1) is 0 Å². The van der Waals surface area contributed by atoms with Crippen LogP contribution < -0.4 is 10.2 Å². The Labute approximate surface area is 139 Å². The van der Waals surface area contributed by atoms with Crippen LogP contribution in [0.3, 0.4) is 0 Å². The molecule has 0 aliphatic heterocycles. The van der Waals surface area contributed by atoms with Crippen molar-refractivity contribution in [1.29, 1.82) is 0 Å². The van der Waals surface area contributed by atoms with E-state index in [-0.39, 0.29) is 12.4 Å². The molecule has 0 spiro atoms. The Bertz CT molecular complexity index is 744. The molecular formula is C17H17ClN2O3. The number of carbonyl (C=O) groups excluding carboxylic acids is 1. The second-order valence-electron chi connectivity index (χ2n) is 4.95. The van der Waals surface area contributed by atoms with Gasteiger partial charge in [-0.3, -0.25) is 4.79 Å². The average molecular weight is 333 g/mol. The molecule has 1 amide bonds. The van der Waals surface area contributed by atoms with Gasteiger partial charge >= 0.3 is 0 Å². The lowest BCUT2D eigenvalue weighted by atomic mass is 10.1. The SMILES string of the molecule is C/C(=N\NC(=O)COc1ccc(Cl)c(C)c1)c1ccccc1O. The molecule has 0 radical (unpaired) electrons.